The van der Waals surface area contributed by atoms with Crippen molar-refractivity contribution in [1.82, 2.24) is 0 Å². The molecule has 0 aliphatic carbocycles. The predicted molar refractivity (Wildman–Crippen MR) is 53.8 cm³/mol. The van der Waals surface area contributed by atoms with Gasteiger partial charge in [-0.05, 0) is 13.0 Å². The number of nitrogens with zero attached hydrogens (tertiary/aromatic N) is 1. The maximum absolute atomic E-state index is 10.6. The summed E-state index contributed by atoms with van der Waals surface area (Å²) in [6.07, 6.45) is 0. The molecule has 0 spiro atoms. The van der Waals surface area contributed by atoms with Crippen molar-refractivity contribution in [3.8, 4) is 5.75 Å². The standard InChI is InChI=1S/C9H12N2O3/c1-3-14-8-6-4-5-7(11(12)13)9(8)10-2/h4-6,10H,3H2,1-2H3. The number of para-hydroxylation sites is 1. The Hall–Kier alpha value is -1.78. The number of hydrogen-bond donors (Lipinski definition) is 1. The van der Waals surface area contributed by atoms with Crippen molar-refractivity contribution in [3.63, 3.8) is 0 Å². The van der Waals surface area contributed by atoms with Gasteiger partial charge in [0.15, 0.2) is 5.69 Å². The van der Waals surface area contributed by atoms with Gasteiger partial charge < -0.3 is 10.1 Å². The highest BCUT2D eigenvalue weighted by atomic mass is 16.6. The van der Waals surface area contributed by atoms with Crippen LogP contribution in [0.4, 0.5) is 11.4 Å². The molecule has 0 saturated heterocycles. The first-order valence-electron chi connectivity index (χ1n) is 4.28. The van der Waals surface area contributed by atoms with Crippen molar-refractivity contribution < 1.29 is 9.66 Å². The molecular weight excluding hydrogens is 184 g/mol. The van der Waals surface area contributed by atoms with Gasteiger partial charge in [0.25, 0.3) is 5.69 Å². The van der Waals surface area contributed by atoms with Gasteiger partial charge in [-0.2, -0.15) is 0 Å². The van der Waals surface area contributed by atoms with Crippen LogP contribution in [0.2, 0.25) is 0 Å². The summed E-state index contributed by atoms with van der Waals surface area (Å²) in [6.45, 7) is 2.31. The van der Waals surface area contributed by atoms with Crippen LogP contribution in [0, 0.1) is 10.1 Å². The fourth-order valence-electron chi connectivity index (χ4n) is 1.20. The highest BCUT2D eigenvalue weighted by Crippen LogP contribution is 2.33. The molecule has 0 bridgehead atoms. The summed E-state index contributed by atoms with van der Waals surface area (Å²) < 4.78 is 5.25. The number of nitro groups is 1. The van der Waals surface area contributed by atoms with Crippen molar-refractivity contribution >= 4 is 11.4 Å². The summed E-state index contributed by atoms with van der Waals surface area (Å²) in [5.74, 6) is 0.504. The number of nitrogens with one attached hydrogen (secondary N) is 1. The third-order valence-electron chi connectivity index (χ3n) is 1.75. The molecular formula is C9H12N2O3. The maximum atomic E-state index is 10.6. The van der Waals surface area contributed by atoms with Crippen LogP contribution in [0.15, 0.2) is 18.2 Å². The van der Waals surface area contributed by atoms with Gasteiger partial charge >= 0.3 is 0 Å². The molecule has 0 unspecified atom stereocenters. The largest absolute Gasteiger partial charge is 0.491 e. The Kier molecular flexibility index (Phi) is 3.28. The van der Waals surface area contributed by atoms with Gasteiger partial charge in [-0.25, -0.2) is 0 Å². The smallest absolute Gasteiger partial charge is 0.296 e. The van der Waals surface area contributed by atoms with Crippen LogP contribution < -0.4 is 10.1 Å². The quantitative estimate of drug-likeness (QED) is 0.591. The second kappa shape index (κ2) is 4.45. The van der Waals surface area contributed by atoms with E-state index < -0.39 is 4.92 Å². The molecule has 5 nitrogen and oxygen atoms in total. The van der Waals surface area contributed by atoms with E-state index in [-0.39, 0.29) is 5.69 Å². The molecule has 1 aromatic carbocycles. The molecule has 0 aliphatic heterocycles. The highest BCUT2D eigenvalue weighted by Gasteiger charge is 2.16. The summed E-state index contributed by atoms with van der Waals surface area (Å²) in [4.78, 5) is 10.2. The summed E-state index contributed by atoms with van der Waals surface area (Å²) in [6, 6.07) is 4.74. The summed E-state index contributed by atoms with van der Waals surface area (Å²) in [5.41, 5.74) is 0.442. The molecule has 14 heavy (non-hydrogen) atoms. The third-order valence-corrected chi connectivity index (χ3v) is 1.75. The van der Waals surface area contributed by atoms with E-state index in [2.05, 4.69) is 5.32 Å². The SMILES string of the molecule is CCOc1cccc([N+](=O)[O-])c1NC. The monoisotopic (exact) mass is 196 g/mol. The molecule has 0 saturated carbocycles. The topological polar surface area (TPSA) is 64.4 Å². The van der Waals surface area contributed by atoms with E-state index in [1.54, 1.807) is 19.2 Å². The summed E-state index contributed by atoms with van der Waals surface area (Å²) >= 11 is 0. The third kappa shape index (κ3) is 1.93. The zero-order chi connectivity index (χ0) is 10.6. The minimum atomic E-state index is -0.436. The normalized spacial score (nSPS) is 9.57. The fraction of sp³-hybridized carbons (Fsp3) is 0.333. The number of rotatable bonds is 4. The highest BCUT2D eigenvalue weighted by molar-refractivity contribution is 5.69. The molecule has 0 fully saturated rings. The molecule has 0 amide bonds. The first-order chi connectivity index (χ1) is 6.70. The summed E-state index contributed by atoms with van der Waals surface area (Å²) in [7, 11) is 1.63. The van der Waals surface area contributed by atoms with Gasteiger partial charge in [0, 0.05) is 13.1 Å². The fourth-order valence-corrected chi connectivity index (χ4v) is 1.20. The van der Waals surface area contributed by atoms with Crippen molar-refractivity contribution in [2.75, 3.05) is 19.0 Å². The first-order valence-corrected chi connectivity index (χ1v) is 4.28. The van der Waals surface area contributed by atoms with Gasteiger partial charge in [0.2, 0.25) is 0 Å². The van der Waals surface area contributed by atoms with Crippen LogP contribution in [0.1, 0.15) is 6.92 Å². The molecule has 0 atom stereocenters. The van der Waals surface area contributed by atoms with E-state index in [0.29, 0.717) is 18.0 Å². The van der Waals surface area contributed by atoms with Crippen LogP contribution >= 0.6 is 0 Å². The van der Waals surface area contributed by atoms with Crippen LogP contribution in [-0.2, 0) is 0 Å². The molecule has 0 aromatic heterocycles. The van der Waals surface area contributed by atoms with E-state index in [1.807, 2.05) is 6.92 Å². The number of nitro benzene ring substituents is 1. The lowest BCUT2D eigenvalue weighted by Gasteiger charge is -2.09. The Morgan fingerprint density at radius 3 is 2.79 bits per heavy atom. The lowest BCUT2D eigenvalue weighted by molar-refractivity contribution is -0.384. The molecule has 5 heteroatoms. The van der Waals surface area contributed by atoms with E-state index in [4.69, 9.17) is 4.74 Å². The van der Waals surface area contributed by atoms with Gasteiger partial charge in [0.05, 0.1) is 11.5 Å². The summed E-state index contributed by atoms with van der Waals surface area (Å²) in [5, 5.41) is 13.4. The number of hydrogen-bond acceptors (Lipinski definition) is 4. The average Bonchev–Trinajstić information content (AvgIpc) is 2.18. The number of benzene rings is 1. The second-order valence-electron chi connectivity index (χ2n) is 2.59. The van der Waals surface area contributed by atoms with E-state index in [0.717, 1.165) is 0 Å². The Bertz CT molecular complexity index is 339. The first kappa shape index (κ1) is 10.3. The van der Waals surface area contributed by atoms with Crippen molar-refractivity contribution in [1.29, 1.82) is 0 Å². The minimum Gasteiger partial charge on any atom is -0.491 e. The zero-order valence-electron chi connectivity index (χ0n) is 8.11. The molecule has 1 aromatic rings. The molecule has 0 heterocycles. The van der Waals surface area contributed by atoms with E-state index >= 15 is 0 Å². The average molecular weight is 196 g/mol. The van der Waals surface area contributed by atoms with Gasteiger partial charge in [0.1, 0.15) is 5.75 Å². The number of anilines is 1. The Morgan fingerprint density at radius 2 is 2.29 bits per heavy atom. The lowest BCUT2D eigenvalue weighted by Crippen LogP contribution is -2.01. The minimum absolute atomic E-state index is 0.0263. The van der Waals surface area contributed by atoms with Crippen LogP contribution in [0.5, 0.6) is 5.75 Å². The Balaban J connectivity index is 3.17. The molecule has 1 N–H and O–H groups in total. The predicted octanol–water partition coefficient (Wildman–Crippen LogP) is 2.04. The van der Waals surface area contributed by atoms with E-state index in [1.165, 1.54) is 6.07 Å². The Morgan fingerprint density at radius 1 is 1.57 bits per heavy atom. The van der Waals surface area contributed by atoms with Crippen LogP contribution in [-0.4, -0.2) is 18.6 Å². The van der Waals surface area contributed by atoms with E-state index in [9.17, 15) is 10.1 Å². The van der Waals surface area contributed by atoms with Gasteiger partial charge in [-0.1, -0.05) is 6.07 Å². The Labute approximate surface area is 81.8 Å². The molecule has 76 valence electrons. The molecule has 0 radical (unpaired) electrons. The van der Waals surface area contributed by atoms with Gasteiger partial charge in [-0.3, -0.25) is 10.1 Å². The molecule has 1 rings (SSSR count). The zero-order valence-corrected chi connectivity index (χ0v) is 8.11. The maximum Gasteiger partial charge on any atom is 0.296 e. The van der Waals surface area contributed by atoms with Crippen LogP contribution in [0.3, 0.4) is 0 Å². The van der Waals surface area contributed by atoms with Crippen molar-refractivity contribution in [2.24, 2.45) is 0 Å². The lowest BCUT2D eigenvalue weighted by atomic mass is 10.2. The van der Waals surface area contributed by atoms with Crippen LogP contribution in [0.25, 0.3) is 0 Å². The van der Waals surface area contributed by atoms with Crippen molar-refractivity contribution in [2.45, 2.75) is 6.92 Å². The second-order valence-corrected chi connectivity index (χ2v) is 2.59. The van der Waals surface area contributed by atoms with Crippen molar-refractivity contribution in [3.05, 3.63) is 28.3 Å². The van der Waals surface area contributed by atoms with Gasteiger partial charge in [-0.15, -0.1) is 0 Å². The molecule has 0 aliphatic rings. The number of ether oxygens (including phenoxy) is 1.